The highest BCUT2D eigenvalue weighted by molar-refractivity contribution is 5.84. The summed E-state index contributed by atoms with van der Waals surface area (Å²) in [5, 5.41) is 18.4. The third-order valence-electron chi connectivity index (χ3n) is 3.15. The van der Waals surface area contributed by atoms with E-state index in [2.05, 4.69) is 0 Å². The van der Waals surface area contributed by atoms with Crippen LogP contribution in [0, 0.1) is 5.92 Å². The number of carboxylic acid groups (broad SMARTS) is 1. The van der Waals surface area contributed by atoms with E-state index in [1.807, 2.05) is 13.8 Å². The number of carboxylic acids is 1. The average Bonchev–Trinajstić information content (AvgIpc) is 2.60. The predicted molar refractivity (Wildman–Crippen MR) is 61.2 cm³/mol. The Bertz CT molecular complexity index is 306. The molecule has 3 atom stereocenters. The molecule has 6 heteroatoms. The Hall–Kier alpha value is -1.14. The van der Waals surface area contributed by atoms with E-state index in [4.69, 9.17) is 10.8 Å². The number of amides is 1. The summed E-state index contributed by atoms with van der Waals surface area (Å²) < 4.78 is 0. The fourth-order valence-corrected chi connectivity index (χ4v) is 1.88. The van der Waals surface area contributed by atoms with Crippen LogP contribution in [0.1, 0.15) is 26.7 Å². The SMILES string of the molecule is CC(C)C(N)CC(=O)N1C[C@H](O)C[C@H]1C(=O)O. The van der Waals surface area contributed by atoms with Crippen molar-refractivity contribution >= 4 is 11.9 Å². The summed E-state index contributed by atoms with van der Waals surface area (Å²) in [6.07, 6.45) is -0.540. The van der Waals surface area contributed by atoms with Gasteiger partial charge >= 0.3 is 5.97 Å². The second kappa shape index (κ2) is 5.46. The molecule has 0 radical (unpaired) electrons. The van der Waals surface area contributed by atoms with Crippen molar-refractivity contribution in [2.24, 2.45) is 11.7 Å². The predicted octanol–water partition coefficient (Wildman–Crippen LogP) is -0.594. The molecule has 0 bridgehead atoms. The summed E-state index contributed by atoms with van der Waals surface area (Å²) in [5.74, 6) is -1.21. The molecule has 98 valence electrons. The van der Waals surface area contributed by atoms with Gasteiger partial charge in [-0.05, 0) is 5.92 Å². The lowest BCUT2D eigenvalue weighted by molar-refractivity contribution is -0.148. The van der Waals surface area contributed by atoms with E-state index in [9.17, 15) is 14.7 Å². The molecule has 1 aliphatic heterocycles. The van der Waals surface area contributed by atoms with Gasteiger partial charge in [-0.3, -0.25) is 4.79 Å². The molecule has 0 spiro atoms. The van der Waals surface area contributed by atoms with E-state index in [1.165, 1.54) is 4.90 Å². The smallest absolute Gasteiger partial charge is 0.326 e. The number of hydrogen-bond acceptors (Lipinski definition) is 4. The zero-order valence-corrected chi connectivity index (χ0v) is 10.2. The van der Waals surface area contributed by atoms with Gasteiger partial charge in [0, 0.05) is 25.4 Å². The molecule has 1 amide bonds. The number of carbonyl (C=O) groups is 2. The first-order valence-corrected chi connectivity index (χ1v) is 5.78. The summed E-state index contributed by atoms with van der Waals surface area (Å²) in [4.78, 5) is 24.1. The van der Waals surface area contributed by atoms with Gasteiger partial charge in [0.25, 0.3) is 0 Å². The van der Waals surface area contributed by atoms with Crippen molar-refractivity contribution in [1.29, 1.82) is 0 Å². The first-order valence-electron chi connectivity index (χ1n) is 5.78. The van der Waals surface area contributed by atoms with Crippen LogP contribution >= 0.6 is 0 Å². The molecule has 1 unspecified atom stereocenters. The normalized spacial score (nSPS) is 26.3. The number of aliphatic carboxylic acids is 1. The van der Waals surface area contributed by atoms with Crippen molar-refractivity contribution in [3.05, 3.63) is 0 Å². The third-order valence-corrected chi connectivity index (χ3v) is 3.15. The Kier molecular flexibility index (Phi) is 4.47. The number of β-amino-alcohol motifs (C(OH)–C–C–N with tert-alkyl or cyclic N) is 1. The second-order valence-corrected chi connectivity index (χ2v) is 4.90. The Labute approximate surface area is 100 Å². The molecular formula is C11H20N2O4. The molecule has 1 rings (SSSR count). The summed E-state index contributed by atoms with van der Waals surface area (Å²) in [5.41, 5.74) is 5.78. The second-order valence-electron chi connectivity index (χ2n) is 4.90. The number of hydrogen-bond donors (Lipinski definition) is 3. The first-order chi connectivity index (χ1) is 7.82. The molecule has 4 N–H and O–H groups in total. The minimum Gasteiger partial charge on any atom is -0.480 e. The number of nitrogens with zero attached hydrogens (tertiary/aromatic N) is 1. The van der Waals surface area contributed by atoms with E-state index in [0.29, 0.717) is 0 Å². The lowest BCUT2D eigenvalue weighted by Crippen LogP contribution is -2.43. The monoisotopic (exact) mass is 244 g/mol. The molecule has 6 nitrogen and oxygen atoms in total. The zero-order valence-electron chi connectivity index (χ0n) is 10.2. The molecule has 0 saturated carbocycles. The van der Waals surface area contributed by atoms with Gasteiger partial charge in [-0.25, -0.2) is 4.79 Å². The number of carbonyl (C=O) groups excluding carboxylic acids is 1. The van der Waals surface area contributed by atoms with Gasteiger partial charge in [0.2, 0.25) is 5.91 Å². The van der Waals surface area contributed by atoms with Crippen molar-refractivity contribution in [3.8, 4) is 0 Å². The van der Waals surface area contributed by atoms with Crippen LogP contribution in [0.4, 0.5) is 0 Å². The van der Waals surface area contributed by atoms with Crippen molar-refractivity contribution in [3.63, 3.8) is 0 Å². The Morgan fingerprint density at radius 1 is 1.47 bits per heavy atom. The highest BCUT2D eigenvalue weighted by Crippen LogP contribution is 2.20. The lowest BCUT2D eigenvalue weighted by atomic mass is 10.0. The Morgan fingerprint density at radius 3 is 2.53 bits per heavy atom. The Balaban J connectivity index is 2.64. The zero-order chi connectivity index (χ0) is 13.2. The molecule has 0 aliphatic carbocycles. The molecule has 1 aliphatic rings. The van der Waals surface area contributed by atoms with E-state index >= 15 is 0 Å². The van der Waals surface area contributed by atoms with Crippen LogP contribution in [0.5, 0.6) is 0 Å². The Morgan fingerprint density at radius 2 is 2.06 bits per heavy atom. The van der Waals surface area contributed by atoms with Crippen molar-refractivity contribution < 1.29 is 19.8 Å². The molecule has 1 fully saturated rings. The lowest BCUT2D eigenvalue weighted by Gasteiger charge is -2.24. The van der Waals surface area contributed by atoms with Gasteiger partial charge in [-0.2, -0.15) is 0 Å². The first kappa shape index (κ1) is 13.9. The van der Waals surface area contributed by atoms with Gasteiger partial charge in [0.1, 0.15) is 6.04 Å². The standard InChI is InChI=1S/C11H20N2O4/c1-6(2)8(12)4-10(15)13-5-7(14)3-9(13)11(16)17/h6-9,14H,3-5,12H2,1-2H3,(H,16,17)/t7-,8?,9+/m1/s1. The highest BCUT2D eigenvalue weighted by atomic mass is 16.4. The number of nitrogens with two attached hydrogens (primary N) is 1. The largest absolute Gasteiger partial charge is 0.480 e. The highest BCUT2D eigenvalue weighted by Gasteiger charge is 2.39. The van der Waals surface area contributed by atoms with Gasteiger partial charge in [-0.1, -0.05) is 13.8 Å². The minimum atomic E-state index is -1.08. The minimum absolute atomic E-state index is 0.0839. The van der Waals surface area contributed by atoms with E-state index in [0.717, 1.165) is 0 Å². The molecule has 0 aromatic rings. The van der Waals surface area contributed by atoms with E-state index in [-0.39, 0.29) is 37.3 Å². The molecular weight excluding hydrogens is 224 g/mol. The number of aliphatic hydroxyl groups excluding tert-OH is 1. The summed E-state index contributed by atoms with van der Waals surface area (Å²) in [6.45, 7) is 3.90. The summed E-state index contributed by atoms with van der Waals surface area (Å²) >= 11 is 0. The van der Waals surface area contributed by atoms with Crippen LogP contribution in [0.15, 0.2) is 0 Å². The van der Waals surface area contributed by atoms with Gasteiger partial charge in [-0.15, -0.1) is 0 Å². The van der Waals surface area contributed by atoms with Crippen LogP contribution < -0.4 is 5.73 Å². The maximum Gasteiger partial charge on any atom is 0.326 e. The fraction of sp³-hybridized carbons (Fsp3) is 0.818. The summed E-state index contributed by atoms with van der Waals surface area (Å²) in [6, 6.07) is -1.20. The quantitative estimate of drug-likeness (QED) is 0.613. The topological polar surface area (TPSA) is 104 Å². The van der Waals surface area contributed by atoms with Crippen LogP contribution in [-0.4, -0.2) is 51.7 Å². The molecule has 0 aromatic heterocycles. The molecule has 1 saturated heterocycles. The van der Waals surface area contributed by atoms with Crippen LogP contribution in [0.25, 0.3) is 0 Å². The van der Waals surface area contributed by atoms with Crippen LogP contribution in [-0.2, 0) is 9.59 Å². The molecule has 1 heterocycles. The number of rotatable bonds is 4. The van der Waals surface area contributed by atoms with E-state index < -0.39 is 18.1 Å². The number of likely N-dealkylation sites (tertiary alicyclic amines) is 1. The van der Waals surface area contributed by atoms with Crippen molar-refractivity contribution in [1.82, 2.24) is 4.90 Å². The average molecular weight is 244 g/mol. The number of aliphatic hydroxyl groups is 1. The van der Waals surface area contributed by atoms with Crippen molar-refractivity contribution in [2.45, 2.75) is 44.9 Å². The van der Waals surface area contributed by atoms with Crippen LogP contribution in [0.3, 0.4) is 0 Å². The maximum atomic E-state index is 11.9. The fourth-order valence-electron chi connectivity index (χ4n) is 1.88. The maximum absolute atomic E-state index is 11.9. The molecule has 17 heavy (non-hydrogen) atoms. The summed E-state index contributed by atoms with van der Waals surface area (Å²) in [7, 11) is 0. The van der Waals surface area contributed by atoms with Gasteiger partial charge < -0.3 is 20.8 Å². The van der Waals surface area contributed by atoms with Gasteiger partial charge in [0.05, 0.1) is 6.10 Å². The van der Waals surface area contributed by atoms with E-state index in [1.54, 1.807) is 0 Å². The molecule has 0 aromatic carbocycles. The van der Waals surface area contributed by atoms with Gasteiger partial charge in [0.15, 0.2) is 0 Å². The van der Waals surface area contributed by atoms with Crippen LogP contribution in [0.2, 0.25) is 0 Å². The van der Waals surface area contributed by atoms with Crippen molar-refractivity contribution in [2.75, 3.05) is 6.54 Å². The third kappa shape index (κ3) is 3.41.